The third kappa shape index (κ3) is 3.08. The van der Waals surface area contributed by atoms with Crippen molar-refractivity contribution in [2.24, 2.45) is 0 Å². The van der Waals surface area contributed by atoms with Gasteiger partial charge in [0.2, 0.25) is 0 Å². The number of halogens is 3. The second-order valence-electron chi connectivity index (χ2n) is 2.67. The lowest BCUT2D eigenvalue weighted by atomic mass is 10.4. The van der Waals surface area contributed by atoms with Gasteiger partial charge in [-0.2, -0.15) is 13.2 Å². The quantitative estimate of drug-likeness (QED) is 0.768. The van der Waals surface area contributed by atoms with E-state index in [2.05, 4.69) is 0 Å². The molecule has 0 radical (unpaired) electrons. The smallest absolute Gasteiger partial charge is 0.300 e. The maximum Gasteiger partial charge on any atom is 0.390 e. The summed E-state index contributed by atoms with van der Waals surface area (Å²) in [7, 11) is 0. The van der Waals surface area contributed by atoms with Gasteiger partial charge in [-0.15, -0.1) is 0 Å². The van der Waals surface area contributed by atoms with E-state index in [4.69, 9.17) is 0 Å². The summed E-state index contributed by atoms with van der Waals surface area (Å²) in [5, 5.41) is 0. The predicted molar refractivity (Wildman–Crippen MR) is 42.0 cm³/mol. The molecule has 1 rings (SSSR count). The van der Waals surface area contributed by atoms with E-state index in [1.54, 1.807) is 0 Å². The number of hydrogen-bond donors (Lipinski definition) is 1. The zero-order valence-corrected chi connectivity index (χ0v) is 6.97. The van der Waals surface area contributed by atoms with Crippen LogP contribution in [-0.2, 0) is 6.54 Å². The van der Waals surface area contributed by atoms with Gasteiger partial charge in [-0.3, -0.25) is 9.78 Å². The van der Waals surface area contributed by atoms with Crippen LogP contribution < -0.4 is 11.2 Å². The van der Waals surface area contributed by atoms with Crippen molar-refractivity contribution in [2.75, 3.05) is 0 Å². The Hall–Kier alpha value is -1.53. The molecule has 0 aliphatic rings. The summed E-state index contributed by atoms with van der Waals surface area (Å²) in [5.74, 6) is 0. The van der Waals surface area contributed by atoms with Crippen molar-refractivity contribution in [1.82, 2.24) is 9.55 Å². The molecule has 0 fully saturated rings. The van der Waals surface area contributed by atoms with Gasteiger partial charge in [-0.1, -0.05) is 0 Å². The van der Waals surface area contributed by atoms with E-state index in [1.807, 2.05) is 4.98 Å². The third-order valence-corrected chi connectivity index (χ3v) is 1.53. The highest BCUT2D eigenvalue weighted by atomic mass is 19.4. The Bertz CT molecular complexity index is 418. The second-order valence-corrected chi connectivity index (χ2v) is 2.67. The van der Waals surface area contributed by atoms with Gasteiger partial charge in [0.25, 0.3) is 5.56 Å². The van der Waals surface area contributed by atoms with Crippen LogP contribution >= 0.6 is 0 Å². The SMILES string of the molecule is O=c1ccn(CCC(F)(F)F)c(=O)[nH]1. The Kier molecular flexibility index (Phi) is 2.78. The van der Waals surface area contributed by atoms with Gasteiger partial charge in [-0.25, -0.2) is 4.79 Å². The Labute approximate surface area is 76.0 Å². The van der Waals surface area contributed by atoms with Crippen molar-refractivity contribution in [3.05, 3.63) is 33.1 Å². The molecule has 0 bridgehead atoms. The van der Waals surface area contributed by atoms with Gasteiger partial charge in [0, 0.05) is 18.8 Å². The highest BCUT2D eigenvalue weighted by molar-refractivity contribution is 4.82. The molecule has 0 atom stereocenters. The minimum Gasteiger partial charge on any atom is -0.300 e. The van der Waals surface area contributed by atoms with Crippen LogP contribution in [0.5, 0.6) is 0 Å². The average Bonchev–Trinajstić information content (AvgIpc) is 2.00. The molecule has 0 aromatic carbocycles. The van der Waals surface area contributed by atoms with Gasteiger partial charge in [0.15, 0.2) is 0 Å². The molecule has 78 valence electrons. The molecule has 0 spiro atoms. The maximum absolute atomic E-state index is 11.8. The van der Waals surface area contributed by atoms with Crippen LogP contribution in [0.15, 0.2) is 21.9 Å². The molecule has 1 N–H and O–H groups in total. The lowest BCUT2D eigenvalue weighted by molar-refractivity contribution is -0.136. The van der Waals surface area contributed by atoms with Gasteiger partial charge in [0.05, 0.1) is 6.42 Å². The van der Waals surface area contributed by atoms with Crippen LogP contribution in [0.25, 0.3) is 0 Å². The first-order chi connectivity index (χ1) is 6.38. The number of nitrogens with one attached hydrogen (secondary N) is 1. The van der Waals surface area contributed by atoms with Crippen LogP contribution in [0.3, 0.4) is 0 Å². The Morgan fingerprint density at radius 3 is 2.50 bits per heavy atom. The number of hydrogen-bond acceptors (Lipinski definition) is 2. The van der Waals surface area contributed by atoms with E-state index in [9.17, 15) is 22.8 Å². The summed E-state index contributed by atoms with van der Waals surface area (Å²) in [6.45, 7) is -0.487. The van der Waals surface area contributed by atoms with E-state index in [0.29, 0.717) is 0 Å². The molecule has 4 nitrogen and oxygen atoms in total. The topological polar surface area (TPSA) is 54.9 Å². The largest absolute Gasteiger partial charge is 0.390 e. The van der Waals surface area contributed by atoms with Crippen LogP contribution in [0.2, 0.25) is 0 Å². The molecule has 0 amide bonds. The van der Waals surface area contributed by atoms with Gasteiger partial charge < -0.3 is 4.57 Å². The number of aryl methyl sites for hydroxylation is 1. The number of nitrogens with zero attached hydrogens (tertiary/aromatic N) is 1. The fourth-order valence-corrected chi connectivity index (χ4v) is 0.868. The summed E-state index contributed by atoms with van der Waals surface area (Å²) in [5.41, 5.74) is -1.46. The third-order valence-electron chi connectivity index (χ3n) is 1.53. The first-order valence-electron chi connectivity index (χ1n) is 3.75. The van der Waals surface area contributed by atoms with Crippen molar-refractivity contribution in [3.8, 4) is 0 Å². The fraction of sp³-hybridized carbons (Fsp3) is 0.429. The standard InChI is InChI=1S/C7H7F3N2O2/c8-7(9,10)2-4-12-3-1-5(13)11-6(12)14/h1,3H,2,4H2,(H,11,13,14). The van der Waals surface area contributed by atoms with E-state index >= 15 is 0 Å². The number of aromatic amines is 1. The van der Waals surface area contributed by atoms with Gasteiger partial charge >= 0.3 is 11.9 Å². The summed E-state index contributed by atoms with van der Waals surface area (Å²) in [6, 6.07) is 0.998. The number of aromatic nitrogens is 2. The first kappa shape index (κ1) is 10.6. The second kappa shape index (κ2) is 3.69. The molecule has 7 heteroatoms. The number of rotatable bonds is 2. The summed E-state index contributed by atoms with van der Waals surface area (Å²) in [4.78, 5) is 23.3. The number of H-pyrrole nitrogens is 1. The monoisotopic (exact) mass is 208 g/mol. The van der Waals surface area contributed by atoms with Gasteiger partial charge in [-0.05, 0) is 0 Å². The van der Waals surface area contributed by atoms with Crippen LogP contribution in [-0.4, -0.2) is 15.7 Å². The van der Waals surface area contributed by atoms with E-state index < -0.39 is 30.4 Å². The highest BCUT2D eigenvalue weighted by Gasteiger charge is 2.26. The Morgan fingerprint density at radius 2 is 2.00 bits per heavy atom. The molecule has 1 aromatic rings. The Balaban J connectivity index is 2.79. The first-order valence-corrected chi connectivity index (χ1v) is 3.75. The molecule has 14 heavy (non-hydrogen) atoms. The zero-order valence-electron chi connectivity index (χ0n) is 6.97. The average molecular weight is 208 g/mol. The van der Waals surface area contributed by atoms with Crippen molar-refractivity contribution in [1.29, 1.82) is 0 Å². The molecule has 0 saturated carbocycles. The summed E-state index contributed by atoms with van der Waals surface area (Å²) >= 11 is 0. The van der Waals surface area contributed by atoms with Crippen LogP contribution in [0.4, 0.5) is 13.2 Å². The summed E-state index contributed by atoms with van der Waals surface area (Å²) in [6.07, 6.45) is -4.37. The van der Waals surface area contributed by atoms with Crippen molar-refractivity contribution in [3.63, 3.8) is 0 Å². The van der Waals surface area contributed by atoms with E-state index in [0.717, 1.165) is 16.8 Å². The molecule has 0 aliphatic heterocycles. The highest BCUT2D eigenvalue weighted by Crippen LogP contribution is 2.19. The normalized spacial score (nSPS) is 11.6. The molecular weight excluding hydrogens is 201 g/mol. The summed E-state index contributed by atoms with van der Waals surface area (Å²) < 4.78 is 36.1. The molecular formula is C7H7F3N2O2. The van der Waals surface area contributed by atoms with Crippen molar-refractivity contribution < 1.29 is 13.2 Å². The molecule has 0 unspecified atom stereocenters. The zero-order chi connectivity index (χ0) is 10.8. The minimum absolute atomic E-state index is 0.487. The van der Waals surface area contributed by atoms with Crippen molar-refractivity contribution in [2.45, 2.75) is 19.1 Å². The van der Waals surface area contributed by atoms with E-state index in [-0.39, 0.29) is 0 Å². The molecule has 1 heterocycles. The van der Waals surface area contributed by atoms with Crippen molar-refractivity contribution >= 4 is 0 Å². The fourth-order valence-electron chi connectivity index (χ4n) is 0.868. The molecule has 1 aromatic heterocycles. The minimum atomic E-state index is -4.31. The van der Waals surface area contributed by atoms with E-state index in [1.165, 1.54) is 0 Å². The molecule has 0 aliphatic carbocycles. The van der Waals surface area contributed by atoms with Crippen LogP contribution in [0.1, 0.15) is 6.42 Å². The Morgan fingerprint density at radius 1 is 1.36 bits per heavy atom. The lowest BCUT2D eigenvalue weighted by Gasteiger charge is -2.07. The van der Waals surface area contributed by atoms with Crippen LogP contribution in [0, 0.1) is 0 Å². The van der Waals surface area contributed by atoms with Gasteiger partial charge in [0.1, 0.15) is 0 Å². The maximum atomic E-state index is 11.8. The lowest BCUT2D eigenvalue weighted by Crippen LogP contribution is -2.29. The number of alkyl halides is 3. The predicted octanol–water partition coefficient (Wildman–Crippen LogP) is 0.489. The molecule has 0 saturated heterocycles.